The molecule has 18 heavy (non-hydrogen) atoms. The van der Waals surface area contributed by atoms with Gasteiger partial charge in [0.15, 0.2) is 0 Å². The van der Waals surface area contributed by atoms with Gasteiger partial charge in [-0.1, -0.05) is 20.8 Å². The van der Waals surface area contributed by atoms with E-state index in [4.69, 9.17) is 0 Å². The molecule has 0 atom stereocenters. The van der Waals surface area contributed by atoms with Crippen molar-refractivity contribution in [3.63, 3.8) is 0 Å². The third-order valence-corrected chi connectivity index (χ3v) is 2.65. The van der Waals surface area contributed by atoms with Crippen molar-refractivity contribution in [2.75, 3.05) is 27.2 Å². The Kier molecular flexibility index (Phi) is 4.84. The molecule has 102 valence electrons. The van der Waals surface area contributed by atoms with Crippen LogP contribution in [0.5, 0.6) is 0 Å². The van der Waals surface area contributed by atoms with Gasteiger partial charge >= 0.3 is 0 Å². The van der Waals surface area contributed by atoms with Crippen molar-refractivity contribution < 1.29 is 4.79 Å². The van der Waals surface area contributed by atoms with E-state index in [0.29, 0.717) is 6.54 Å². The van der Waals surface area contributed by atoms with E-state index in [9.17, 15) is 4.79 Å². The van der Waals surface area contributed by atoms with Crippen LogP contribution >= 0.6 is 0 Å². The molecule has 0 saturated heterocycles. The summed E-state index contributed by atoms with van der Waals surface area (Å²) in [6.45, 7) is 7.66. The first-order valence-electron chi connectivity index (χ1n) is 6.19. The molecule has 0 aromatic carbocycles. The highest BCUT2D eigenvalue weighted by Gasteiger charge is 2.22. The zero-order valence-electron chi connectivity index (χ0n) is 11.9. The van der Waals surface area contributed by atoms with Crippen LogP contribution in [0.4, 0.5) is 0 Å². The highest BCUT2D eigenvalue weighted by molar-refractivity contribution is 5.90. The minimum Gasteiger partial charge on any atom is -0.339 e. The summed E-state index contributed by atoms with van der Waals surface area (Å²) in [6, 6.07) is 0. The molecule has 0 aliphatic rings. The number of aromatic nitrogens is 3. The maximum atomic E-state index is 12.0. The van der Waals surface area contributed by atoms with Crippen LogP contribution in [0.2, 0.25) is 0 Å². The molecule has 0 aliphatic carbocycles. The van der Waals surface area contributed by atoms with E-state index in [1.165, 1.54) is 0 Å². The lowest BCUT2D eigenvalue weighted by Gasteiger charge is -2.15. The Morgan fingerprint density at radius 3 is 2.61 bits per heavy atom. The van der Waals surface area contributed by atoms with Gasteiger partial charge in [-0.15, -0.1) is 5.10 Å². The SMILES string of the molecule is CNCCCN(C)C(=O)c1n[nH]c(C(C)(C)C)n1. The number of carbonyl (C=O) groups is 1. The molecule has 1 heterocycles. The van der Waals surface area contributed by atoms with E-state index in [1.54, 1.807) is 11.9 Å². The Morgan fingerprint density at radius 1 is 1.44 bits per heavy atom. The molecule has 1 aromatic rings. The van der Waals surface area contributed by atoms with Gasteiger partial charge in [-0.25, -0.2) is 4.98 Å². The molecule has 0 fully saturated rings. The molecule has 2 N–H and O–H groups in total. The fourth-order valence-corrected chi connectivity index (χ4v) is 1.46. The van der Waals surface area contributed by atoms with Crippen LogP contribution in [0.15, 0.2) is 0 Å². The van der Waals surface area contributed by atoms with Crippen molar-refractivity contribution in [1.29, 1.82) is 0 Å². The molecule has 1 amide bonds. The molecule has 0 saturated carbocycles. The molecule has 0 radical (unpaired) electrons. The fraction of sp³-hybridized carbons (Fsp3) is 0.750. The number of hydrogen-bond acceptors (Lipinski definition) is 4. The molecule has 6 heteroatoms. The van der Waals surface area contributed by atoms with E-state index in [0.717, 1.165) is 18.8 Å². The van der Waals surface area contributed by atoms with Crippen LogP contribution in [0.1, 0.15) is 43.6 Å². The van der Waals surface area contributed by atoms with E-state index in [1.807, 2.05) is 27.8 Å². The lowest BCUT2D eigenvalue weighted by molar-refractivity contribution is 0.0782. The lowest BCUT2D eigenvalue weighted by Crippen LogP contribution is -2.30. The lowest BCUT2D eigenvalue weighted by atomic mass is 9.96. The molecule has 6 nitrogen and oxygen atoms in total. The number of carbonyl (C=O) groups excluding carboxylic acids is 1. The monoisotopic (exact) mass is 253 g/mol. The van der Waals surface area contributed by atoms with Gasteiger partial charge in [-0.3, -0.25) is 9.89 Å². The number of rotatable bonds is 5. The summed E-state index contributed by atoms with van der Waals surface area (Å²) in [4.78, 5) is 17.9. The average Bonchev–Trinajstić information content (AvgIpc) is 2.77. The standard InChI is InChI=1S/C12H23N5O/c1-12(2,3)11-14-9(15-16-11)10(18)17(5)8-6-7-13-4/h13H,6-8H2,1-5H3,(H,14,15,16). The van der Waals surface area contributed by atoms with Gasteiger partial charge < -0.3 is 10.2 Å². The van der Waals surface area contributed by atoms with Crippen LogP contribution in [-0.4, -0.2) is 53.2 Å². The zero-order valence-corrected chi connectivity index (χ0v) is 11.9. The number of amides is 1. The minimum atomic E-state index is -0.141. The third-order valence-electron chi connectivity index (χ3n) is 2.65. The van der Waals surface area contributed by atoms with E-state index in [-0.39, 0.29) is 17.1 Å². The third kappa shape index (κ3) is 3.80. The number of nitrogens with zero attached hydrogens (tertiary/aromatic N) is 3. The molecule has 0 bridgehead atoms. The summed E-state index contributed by atoms with van der Waals surface area (Å²) in [5, 5.41) is 9.87. The molecule has 0 spiro atoms. The first kappa shape index (κ1) is 14.6. The normalized spacial score (nSPS) is 11.6. The molecule has 1 rings (SSSR count). The highest BCUT2D eigenvalue weighted by Crippen LogP contribution is 2.17. The number of nitrogens with one attached hydrogen (secondary N) is 2. The van der Waals surface area contributed by atoms with Crippen molar-refractivity contribution in [2.24, 2.45) is 0 Å². The number of aromatic amines is 1. The van der Waals surface area contributed by atoms with Crippen LogP contribution in [0.3, 0.4) is 0 Å². The van der Waals surface area contributed by atoms with Crippen molar-refractivity contribution in [3.05, 3.63) is 11.6 Å². The Hall–Kier alpha value is -1.43. The second-order valence-electron chi connectivity index (χ2n) is 5.44. The molecular formula is C12H23N5O. The van der Waals surface area contributed by atoms with E-state index < -0.39 is 0 Å². The molecule has 0 aliphatic heterocycles. The summed E-state index contributed by atoms with van der Waals surface area (Å²) in [5.74, 6) is 0.833. The molecule has 1 aromatic heterocycles. The van der Waals surface area contributed by atoms with Crippen molar-refractivity contribution >= 4 is 5.91 Å². The predicted molar refractivity (Wildman–Crippen MR) is 70.6 cm³/mol. The fourth-order valence-electron chi connectivity index (χ4n) is 1.46. The highest BCUT2D eigenvalue weighted by atomic mass is 16.2. The molecular weight excluding hydrogens is 230 g/mol. The van der Waals surface area contributed by atoms with E-state index >= 15 is 0 Å². The van der Waals surface area contributed by atoms with Gasteiger partial charge in [0.05, 0.1) is 0 Å². The van der Waals surface area contributed by atoms with Gasteiger partial charge in [0.1, 0.15) is 5.82 Å². The summed E-state index contributed by atoms with van der Waals surface area (Å²) in [5.41, 5.74) is -0.129. The number of hydrogen-bond donors (Lipinski definition) is 2. The van der Waals surface area contributed by atoms with Crippen LogP contribution in [0, 0.1) is 0 Å². The van der Waals surface area contributed by atoms with Gasteiger partial charge in [0.25, 0.3) is 5.91 Å². The second kappa shape index (κ2) is 5.95. The minimum absolute atomic E-state index is 0.129. The maximum Gasteiger partial charge on any atom is 0.293 e. The van der Waals surface area contributed by atoms with Gasteiger partial charge in [0, 0.05) is 19.0 Å². The van der Waals surface area contributed by atoms with Crippen molar-refractivity contribution in [3.8, 4) is 0 Å². The summed E-state index contributed by atoms with van der Waals surface area (Å²) in [7, 11) is 3.66. The maximum absolute atomic E-state index is 12.0. The van der Waals surface area contributed by atoms with Gasteiger partial charge in [0.2, 0.25) is 5.82 Å². The zero-order chi connectivity index (χ0) is 13.8. The first-order chi connectivity index (χ1) is 8.36. The Morgan fingerprint density at radius 2 is 2.11 bits per heavy atom. The van der Waals surface area contributed by atoms with Crippen molar-refractivity contribution in [1.82, 2.24) is 25.4 Å². The van der Waals surface area contributed by atoms with Crippen LogP contribution < -0.4 is 5.32 Å². The predicted octanol–water partition coefficient (Wildman–Crippen LogP) is 0.784. The van der Waals surface area contributed by atoms with Gasteiger partial charge in [-0.05, 0) is 20.0 Å². The molecule has 0 unspecified atom stereocenters. The van der Waals surface area contributed by atoms with Crippen LogP contribution in [-0.2, 0) is 5.41 Å². The number of H-pyrrole nitrogens is 1. The van der Waals surface area contributed by atoms with Gasteiger partial charge in [-0.2, -0.15) is 0 Å². The second-order valence-corrected chi connectivity index (χ2v) is 5.44. The summed E-state index contributed by atoms with van der Waals surface area (Å²) < 4.78 is 0. The smallest absolute Gasteiger partial charge is 0.293 e. The largest absolute Gasteiger partial charge is 0.339 e. The topological polar surface area (TPSA) is 73.9 Å². The summed E-state index contributed by atoms with van der Waals surface area (Å²) >= 11 is 0. The first-order valence-corrected chi connectivity index (χ1v) is 6.19. The van der Waals surface area contributed by atoms with Crippen molar-refractivity contribution in [2.45, 2.75) is 32.6 Å². The average molecular weight is 253 g/mol. The Bertz CT molecular complexity index is 393. The van der Waals surface area contributed by atoms with Crippen LogP contribution in [0.25, 0.3) is 0 Å². The Balaban J connectivity index is 2.64. The summed E-state index contributed by atoms with van der Waals surface area (Å²) in [6.07, 6.45) is 0.912. The quantitative estimate of drug-likeness (QED) is 0.761. The Labute approximate surface area is 108 Å². The van der Waals surface area contributed by atoms with E-state index in [2.05, 4.69) is 20.5 Å².